The average Bonchev–Trinajstić information content (AvgIpc) is 3.08. The zero-order valence-electron chi connectivity index (χ0n) is 19.5. The Balaban J connectivity index is 1.53. The van der Waals surface area contributed by atoms with Crippen LogP contribution in [-0.2, 0) is 4.79 Å². The molecule has 0 spiro atoms. The second-order valence-corrected chi connectivity index (χ2v) is 11.4. The molecule has 1 saturated heterocycles. The molecule has 1 heterocycles. The summed E-state index contributed by atoms with van der Waals surface area (Å²) in [5.74, 6) is 2.21. The first-order valence-corrected chi connectivity index (χ1v) is 13.2. The molecule has 1 saturated carbocycles. The monoisotopic (exact) mass is 409 g/mol. The van der Waals surface area contributed by atoms with Gasteiger partial charge in [0, 0.05) is 17.6 Å². The molecule has 1 aliphatic carbocycles. The average molecular weight is 410 g/mol. The van der Waals surface area contributed by atoms with E-state index >= 15 is 0 Å². The van der Waals surface area contributed by atoms with Crippen LogP contribution in [-0.4, -0.2) is 22.0 Å². The largest absolute Gasteiger partial charge is 0.283 e. The summed E-state index contributed by atoms with van der Waals surface area (Å²) in [6.07, 6.45) is 18.2. The maximum absolute atomic E-state index is 12.8. The summed E-state index contributed by atoms with van der Waals surface area (Å²) in [6.45, 7) is 11.9. The molecule has 2 aliphatic rings. The van der Waals surface area contributed by atoms with Crippen molar-refractivity contribution in [3.8, 4) is 0 Å². The van der Waals surface area contributed by atoms with E-state index in [0.29, 0.717) is 23.3 Å². The summed E-state index contributed by atoms with van der Waals surface area (Å²) in [7, 11) is 0. The lowest BCUT2D eigenvalue weighted by Gasteiger charge is -2.39. The van der Waals surface area contributed by atoms with E-state index in [0.717, 1.165) is 18.6 Å². The first kappa shape index (κ1) is 24.1. The number of nitrogens with zero attached hydrogens (tertiary/aromatic N) is 1. The SMILES string of the molecule is CCCCCCCCCCCCCCC(=O)N1SCC2(C)C1CC(C)C2(C)C. The van der Waals surface area contributed by atoms with E-state index in [2.05, 4.69) is 38.9 Å². The topological polar surface area (TPSA) is 20.3 Å². The van der Waals surface area contributed by atoms with Crippen molar-refractivity contribution < 1.29 is 4.79 Å². The van der Waals surface area contributed by atoms with Crippen LogP contribution in [0.3, 0.4) is 0 Å². The normalized spacial score (nSPS) is 28.7. The van der Waals surface area contributed by atoms with Crippen molar-refractivity contribution in [3.05, 3.63) is 0 Å². The minimum Gasteiger partial charge on any atom is -0.283 e. The van der Waals surface area contributed by atoms with Gasteiger partial charge in [0.05, 0.1) is 6.04 Å². The van der Waals surface area contributed by atoms with Crippen LogP contribution in [0.15, 0.2) is 0 Å². The molecule has 2 rings (SSSR count). The van der Waals surface area contributed by atoms with Crippen molar-refractivity contribution in [3.63, 3.8) is 0 Å². The number of carbonyl (C=O) groups excluding carboxylic acids is 1. The molecule has 0 aromatic heterocycles. The predicted octanol–water partition coefficient (Wildman–Crippen LogP) is 8.01. The molecule has 1 amide bonds. The number of hydrogen-bond donors (Lipinski definition) is 0. The highest BCUT2D eigenvalue weighted by Crippen LogP contribution is 2.63. The second kappa shape index (κ2) is 11.3. The lowest BCUT2D eigenvalue weighted by molar-refractivity contribution is -0.128. The Labute approximate surface area is 180 Å². The predicted molar refractivity (Wildman–Crippen MR) is 124 cm³/mol. The molecule has 28 heavy (non-hydrogen) atoms. The molecule has 0 aromatic rings. The number of amides is 1. The molecule has 2 nitrogen and oxygen atoms in total. The molecule has 0 radical (unpaired) electrons. The maximum Gasteiger partial charge on any atom is 0.232 e. The van der Waals surface area contributed by atoms with Crippen LogP contribution in [0.25, 0.3) is 0 Å². The van der Waals surface area contributed by atoms with Crippen molar-refractivity contribution in [1.82, 2.24) is 4.31 Å². The van der Waals surface area contributed by atoms with Gasteiger partial charge in [-0.05, 0) is 36.1 Å². The smallest absolute Gasteiger partial charge is 0.232 e. The van der Waals surface area contributed by atoms with Crippen molar-refractivity contribution in [2.45, 2.75) is 131 Å². The van der Waals surface area contributed by atoms with Gasteiger partial charge in [-0.3, -0.25) is 9.10 Å². The highest BCUT2D eigenvalue weighted by Gasteiger charge is 2.61. The van der Waals surface area contributed by atoms with E-state index in [1.54, 1.807) is 0 Å². The van der Waals surface area contributed by atoms with E-state index in [1.165, 1.54) is 77.0 Å². The summed E-state index contributed by atoms with van der Waals surface area (Å²) >= 11 is 1.81. The van der Waals surface area contributed by atoms with Crippen molar-refractivity contribution in [2.75, 3.05) is 5.75 Å². The molecule has 0 bridgehead atoms. The second-order valence-electron chi connectivity index (χ2n) is 10.4. The van der Waals surface area contributed by atoms with E-state index in [4.69, 9.17) is 0 Å². The number of unbranched alkanes of at least 4 members (excludes halogenated alkanes) is 11. The zero-order valence-corrected chi connectivity index (χ0v) is 20.3. The number of rotatable bonds is 13. The van der Waals surface area contributed by atoms with Crippen LogP contribution in [0.5, 0.6) is 0 Å². The quantitative estimate of drug-likeness (QED) is 0.227. The molecule has 3 atom stereocenters. The molecule has 0 aromatic carbocycles. The minimum absolute atomic E-state index is 0.281. The van der Waals surface area contributed by atoms with Gasteiger partial charge in [0.1, 0.15) is 0 Å². The fourth-order valence-electron chi connectivity index (χ4n) is 5.29. The Kier molecular flexibility index (Phi) is 9.70. The van der Waals surface area contributed by atoms with Crippen LogP contribution in [0, 0.1) is 16.7 Å². The highest BCUT2D eigenvalue weighted by atomic mass is 32.2. The van der Waals surface area contributed by atoms with E-state index < -0.39 is 0 Å². The molecule has 3 heteroatoms. The van der Waals surface area contributed by atoms with Crippen molar-refractivity contribution in [2.24, 2.45) is 16.7 Å². The van der Waals surface area contributed by atoms with Gasteiger partial charge in [0.25, 0.3) is 0 Å². The van der Waals surface area contributed by atoms with E-state index in [9.17, 15) is 4.79 Å². The van der Waals surface area contributed by atoms with Gasteiger partial charge in [0.15, 0.2) is 0 Å². The third kappa shape index (κ3) is 5.70. The Hall–Kier alpha value is -0.180. The van der Waals surface area contributed by atoms with Crippen LogP contribution < -0.4 is 0 Å². The van der Waals surface area contributed by atoms with E-state index in [-0.39, 0.29) is 5.41 Å². The summed E-state index contributed by atoms with van der Waals surface area (Å²) < 4.78 is 2.18. The van der Waals surface area contributed by atoms with Crippen LogP contribution in [0.4, 0.5) is 0 Å². The lowest BCUT2D eigenvalue weighted by atomic mass is 9.66. The first-order chi connectivity index (χ1) is 13.3. The number of carbonyl (C=O) groups is 1. The fourth-order valence-corrected chi connectivity index (χ4v) is 6.99. The Morgan fingerprint density at radius 3 is 1.93 bits per heavy atom. The summed E-state index contributed by atoms with van der Waals surface area (Å²) in [5, 5.41) is 0. The highest BCUT2D eigenvalue weighted by molar-refractivity contribution is 7.97. The molecule has 0 N–H and O–H groups in total. The summed E-state index contributed by atoms with van der Waals surface area (Å²) in [6, 6.07) is 0.451. The van der Waals surface area contributed by atoms with Gasteiger partial charge in [-0.2, -0.15) is 0 Å². The van der Waals surface area contributed by atoms with Crippen LogP contribution in [0.2, 0.25) is 0 Å². The molecule has 2 fully saturated rings. The van der Waals surface area contributed by atoms with Gasteiger partial charge in [-0.1, -0.05) is 105 Å². The maximum atomic E-state index is 12.8. The zero-order chi connectivity index (χ0) is 20.6. The van der Waals surface area contributed by atoms with E-state index in [1.807, 2.05) is 11.9 Å². The van der Waals surface area contributed by atoms with Gasteiger partial charge in [-0.25, -0.2) is 0 Å². The van der Waals surface area contributed by atoms with Gasteiger partial charge < -0.3 is 0 Å². The number of hydrogen-bond acceptors (Lipinski definition) is 2. The molecular formula is C25H47NOS. The van der Waals surface area contributed by atoms with Gasteiger partial charge in [-0.15, -0.1) is 0 Å². The van der Waals surface area contributed by atoms with Crippen molar-refractivity contribution in [1.29, 1.82) is 0 Å². The Morgan fingerprint density at radius 1 is 0.893 bits per heavy atom. The lowest BCUT2D eigenvalue weighted by Crippen LogP contribution is -2.42. The molecule has 3 unspecified atom stereocenters. The first-order valence-electron chi connectivity index (χ1n) is 12.3. The summed E-state index contributed by atoms with van der Waals surface area (Å²) in [5.41, 5.74) is 0.610. The van der Waals surface area contributed by atoms with Gasteiger partial charge in [0.2, 0.25) is 5.91 Å². The third-order valence-corrected chi connectivity index (χ3v) is 9.76. The van der Waals surface area contributed by atoms with Crippen LogP contribution >= 0.6 is 11.9 Å². The van der Waals surface area contributed by atoms with Gasteiger partial charge >= 0.3 is 0 Å². The molecule has 1 aliphatic heterocycles. The standard InChI is InChI=1S/C25H47NOS/c1-6-7-8-9-10-11-12-13-14-15-16-17-18-23(27)26-22-19-21(2)24(3,4)25(22,5)20-28-26/h21-22H,6-20H2,1-5H3. The molecular weight excluding hydrogens is 362 g/mol. The minimum atomic E-state index is 0.281. The van der Waals surface area contributed by atoms with Crippen LogP contribution in [0.1, 0.15) is 125 Å². The van der Waals surface area contributed by atoms with Crippen molar-refractivity contribution >= 4 is 17.9 Å². The number of fused-ring (bicyclic) bond motifs is 1. The Morgan fingerprint density at radius 2 is 1.39 bits per heavy atom. The Bertz CT molecular complexity index is 477. The summed E-state index contributed by atoms with van der Waals surface area (Å²) in [4.78, 5) is 12.8. The third-order valence-electron chi connectivity index (χ3n) is 8.29. The molecule has 164 valence electrons. The fraction of sp³-hybridized carbons (Fsp3) is 0.960.